The van der Waals surface area contributed by atoms with Crippen LogP contribution < -0.4 is 0 Å². The van der Waals surface area contributed by atoms with Crippen molar-refractivity contribution < 1.29 is 22.8 Å². The van der Waals surface area contributed by atoms with E-state index in [-0.39, 0.29) is 22.7 Å². The molecular weight excluding hydrogens is 315 g/mol. The third-order valence-electron chi connectivity index (χ3n) is 2.16. The van der Waals surface area contributed by atoms with Gasteiger partial charge in [-0.1, -0.05) is 15.9 Å². The quantitative estimate of drug-likeness (QED) is 0.489. The van der Waals surface area contributed by atoms with E-state index in [2.05, 4.69) is 15.9 Å². The summed E-state index contributed by atoms with van der Waals surface area (Å²) in [6.45, 7) is 0. The summed E-state index contributed by atoms with van der Waals surface area (Å²) in [4.78, 5) is 22.1. The average molecular weight is 320 g/mol. The average Bonchev–Trinajstić information content (AvgIpc) is 2.34. The van der Waals surface area contributed by atoms with Crippen molar-refractivity contribution in [3.63, 3.8) is 0 Å². The largest absolute Gasteiger partial charge is 0.417 e. The van der Waals surface area contributed by atoms with Gasteiger partial charge in [-0.15, -0.1) is 0 Å². The van der Waals surface area contributed by atoms with Gasteiger partial charge in [0.2, 0.25) is 0 Å². The molecule has 18 heavy (non-hydrogen) atoms. The number of nitriles is 1. The molecule has 0 saturated carbocycles. The van der Waals surface area contributed by atoms with Crippen molar-refractivity contribution in [1.29, 1.82) is 5.26 Å². The molecule has 1 rings (SSSR count). The van der Waals surface area contributed by atoms with Crippen molar-refractivity contribution in [3.05, 3.63) is 34.4 Å². The van der Waals surface area contributed by atoms with Crippen LogP contribution in [-0.4, -0.2) is 17.4 Å². The van der Waals surface area contributed by atoms with Gasteiger partial charge in [0.1, 0.15) is 0 Å². The lowest BCUT2D eigenvalue weighted by Crippen LogP contribution is -2.13. The summed E-state index contributed by atoms with van der Waals surface area (Å²) >= 11 is 2.81. The van der Waals surface area contributed by atoms with Gasteiger partial charge in [0.25, 0.3) is 0 Å². The minimum atomic E-state index is -4.76. The van der Waals surface area contributed by atoms with Gasteiger partial charge in [-0.05, 0) is 12.1 Å². The molecule has 0 bridgehead atoms. The van der Waals surface area contributed by atoms with E-state index < -0.39 is 23.1 Å². The van der Waals surface area contributed by atoms with E-state index in [4.69, 9.17) is 5.26 Å². The number of ketones is 1. The number of nitrogens with zero attached hydrogens (tertiary/aromatic N) is 1. The Morgan fingerprint density at radius 2 is 2.06 bits per heavy atom. The fraction of sp³-hybridized carbons (Fsp3) is 0.182. The normalized spacial score (nSPS) is 10.8. The standard InChI is InChI=1S/C11H5BrF3NO2/c12-3-10(18)8-2-9(11(13,14)15)6(4-16)1-7(8)5-17/h1-2,5H,3H2. The van der Waals surface area contributed by atoms with Crippen molar-refractivity contribution in [2.45, 2.75) is 6.18 Å². The first-order valence-corrected chi connectivity index (χ1v) is 5.67. The van der Waals surface area contributed by atoms with Crippen molar-refractivity contribution in [3.8, 4) is 6.07 Å². The summed E-state index contributed by atoms with van der Waals surface area (Å²) in [7, 11) is 0. The fourth-order valence-corrected chi connectivity index (χ4v) is 1.66. The second-order valence-corrected chi connectivity index (χ2v) is 3.83. The van der Waals surface area contributed by atoms with Gasteiger partial charge in [-0.2, -0.15) is 18.4 Å². The lowest BCUT2D eigenvalue weighted by atomic mass is 9.97. The molecule has 0 fully saturated rings. The molecule has 1 aromatic carbocycles. The Hall–Kier alpha value is -1.68. The van der Waals surface area contributed by atoms with E-state index in [1.807, 2.05) is 0 Å². The maximum Gasteiger partial charge on any atom is 0.417 e. The van der Waals surface area contributed by atoms with Gasteiger partial charge in [-0.25, -0.2) is 0 Å². The maximum atomic E-state index is 12.7. The highest BCUT2D eigenvalue weighted by atomic mass is 79.9. The number of hydrogen-bond donors (Lipinski definition) is 0. The Kier molecular flexibility index (Phi) is 4.24. The lowest BCUT2D eigenvalue weighted by molar-refractivity contribution is -0.137. The van der Waals surface area contributed by atoms with Gasteiger partial charge < -0.3 is 0 Å². The molecule has 0 unspecified atom stereocenters. The van der Waals surface area contributed by atoms with Gasteiger partial charge in [0, 0.05) is 11.1 Å². The van der Waals surface area contributed by atoms with E-state index in [0.717, 1.165) is 6.07 Å². The Labute approximate surface area is 108 Å². The number of carbonyl (C=O) groups excluding carboxylic acids is 2. The lowest BCUT2D eigenvalue weighted by Gasteiger charge is -2.11. The van der Waals surface area contributed by atoms with E-state index in [0.29, 0.717) is 6.07 Å². The molecule has 94 valence electrons. The summed E-state index contributed by atoms with van der Waals surface area (Å²) in [6, 6.07) is 2.66. The van der Waals surface area contributed by atoms with Crippen LogP contribution in [0.3, 0.4) is 0 Å². The summed E-state index contributed by atoms with van der Waals surface area (Å²) in [5, 5.41) is 8.42. The van der Waals surface area contributed by atoms with Crippen LogP contribution in [0.2, 0.25) is 0 Å². The highest BCUT2D eigenvalue weighted by Gasteiger charge is 2.35. The molecule has 0 aliphatic rings. The van der Waals surface area contributed by atoms with Crippen LogP contribution in [0.15, 0.2) is 12.1 Å². The van der Waals surface area contributed by atoms with E-state index in [1.54, 1.807) is 0 Å². The Bertz CT molecular complexity index is 546. The van der Waals surface area contributed by atoms with Crippen LogP contribution in [-0.2, 0) is 6.18 Å². The van der Waals surface area contributed by atoms with Gasteiger partial charge in [-0.3, -0.25) is 9.59 Å². The number of aldehydes is 1. The van der Waals surface area contributed by atoms with Crippen molar-refractivity contribution in [2.75, 3.05) is 5.33 Å². The molecule has 0 aliphatic heterocycles. The molecule has 0 spiro atoms. The third kappa shape index (κ3) is 2.76. The van der Waals surface area contributed by atoms with E-state index >= 15 is 0 Å². The highest BCUT2D eigenvalue weighted by molar-refractivity contribution is 9.09. The van der Waals surface area contributed by atoms with Crippen LogP contribution >= 0.6 is 15.9 Å². The number of carbonyl (C=O) groups is 2. The second kappa shape index (κ2) is 5.31. The molecule has 0 N–H and O–H groups in total. The maximum absolute atomic E-state index is 12.7. The topological polar surface area (TPSA) is 57.9 Å². The van der Waals surface area contributed by atoms with Crippen LogP contribution in [0.1, 0.15) is 31.8 Å². The molecule has 7 heteroatoms. The molecule has 0 radical (unpaired) electrons. The summed E-state index contributed by atoms with van der Waals surface area (Å²) < 4.78 is 38.0. The third-order valence-corrected chi connectivity index (χ3v) is 2.67. The summed E-state index contributed by atoms with van der Waals surface area (Å²) in [5.41, 5.74) is -2.49. The second-order valence-electron chi connectivity index (χ2n) is 3.27. The fourth-order valence-electron chi connectivity index (χ4n) is 1.35. The van der Waals surface area contributed by atoms with Crippen LogP contribution in [0.25, 0.3) is 0 Å². The number of hydrogen-bond acceptors (Lipinski definition) is 3. The van der Waals surface area contributed by atoms with Crippen molar-refractivity contribution >= 4 is 28.0 Å². The SMILES string of the molecule is N#Cc1cc(C=O)c(C(=O)CBr)cc1C(F)(F)F. The highest BCUT2D eigenvalue weighted by Crippen LogP contribution is 2.33. The number of alkyl halides is 4. The zero-order valence-electron chi connectivity index (χ0n) is 8.71. The molecule has 1 aromatic rings. The van der Waals surface area contributed by atoms with Gasteiger partial charge in [0.05, 0.1) is 22.5 Å². The molecule has 0 saturated heterocycles. The van der Waals surface area contributed by atoms with Crippen molar-refractivity contribution in [2.24, 2.45) is 0 Å². The number of Topliss-reactive ketones (excluding diaryl/α,β-unsaturated/α-hetero) is 1. The first-order valence-electron chi connectivity index (χ1n) is 4.54. The molecule has 0 atom stereocenters. The summed E-state index contributed by atoms with van der Waals surface area (Å²) in [6.07, 6.45) is -4.51. The number of halogens is 4. The van der Waals surface area contributed by atoms with Crippen LogP contribution in [0, 0.1) is 11.3 Å². The minimum absolute atomic E-state index is 0.211. The number of benzene rings is 1. The monoisotopic (exact) mass is 319 g/mol. The predicted molar refractivity (Wildman–Crippen MR) is 59.7 cm³/mol. The zero-order chi connectivity index (χ0) is 13.9. The molecule has 3 nitrogen and oxygen atoms in total. The molecule has 0 aliphatic carbocycles. The van der Waals surface area contributed by atoms with E-state index in [1.165, 1.54) is 6.07 Å². The Morgan fingerprint density at radius 3 is 2.44 bits per heavy atom. The minimum Gasteiger partial charge on any atom is -0.298 e. The van der Waals surface area contributed by atoms with Crippen molar-refractivity contribution in [1.82, 2.24) is 0 Å². The van der Waals surface area contributed by atoms with Gasteiger partial charge >= 0.3 is 6.18 Å². The van der Waals surface area contributed by atoms with Gasteiger partial charge in [0.15, 0.2) is 12.1 Å². The Balaban J connectivity index is 3.60. The van der Waals surface area contributed by atoms with E-state index in [9.17, 15) is 22.8 Å². The first-order chi connectivity index (χ1) is 8.35. The molecule has 0 heterocycles. The Morgan fingerprint density at radius 1 is 1.44 bits per heavy atom. The molecule has 0 aromatic heterocycles. The predicted octanol–water partition coefficient (Wildman–Crippen LogP) is 2.97. The summed E-state index contributed by atoms with van der Waals surface area (Å²) in [5.74, 6) is -0.660. The number of rotatable bonds is 3. The first kappa shape index (κ1) is 14.4. The molecular formula is C11H5BrF3NO2. The van der Waals surface area contributed by atoms with Crippen LogP contribution in [0.4, 0.5) is 13.2 Å². The molecule has 0 amide bonds. The van der Waals surface area contributed by atoms with Crippen LogP contribution in [0.5, 0.6) is 0 Å². The zero-order valence-corrected chi connectivity index (χ0v) is 10.3. The smallest absolute Gasteiger partial charge is 0.298 e.